The maximum atomic E-state index is 13.4. The van der Waals surface area contributed by atoms with E-state index in [0.717, 1.165) is 18.4 Å². The number of ether oxygens (including phenoxy) is 3. The summed E-state index contributed by atoms with van der Waals surface area (Å²) < 4.78 is 43.1. The van der Waals surface area contributed by atoms with Gasteiger partial charge in [0.1, 0.15) is 5.75 Å². The lowest BCUT2D eigenvalue weighted by atomic mass is 10.2. The lowest BCUT2D eigenvalue weighted by Crippen LogP contribution is -2.45. The van der Waals surface area contributed by atoms with Crippen LogP contribution in [0.1, 0.15) is 58.9 Å². The Hall–Kier alpha value is -3.55. The first-order chi connectivity index (χ1) is 20.5. The molecule has 0 bridgehead atoms. The summed E-state index contributed by atoms with van der Waals surface area (Å²) in [6.07, 6.45) is 1.27. The second-order valence-electron chi connectivity index (χ2n) is 10.7. The van der Waals surface area contributed by atoms with Gasteiger partial charge >= 0.3 is 6.09 Å². The zero-order valence-corrected chi connectivity index (χ0v) is 26.0. The molecule has 1 aliphatic rings. The molecule has 1 heterocycles. The number of amides is 2. The fourth-order valence-corrected chi connectivity index (χ4v) is 5.99. The fraction of sp³-hybridized carbons (Fsp3) is 0.533. The van der Waals surface area contributed by atoms with E-state index in [9.17, 15) is 23.1 Å². The van der Waals surface area contributed by atoms with E-state index in [0.29, 0.717) is 43.2 Å². The van der Waals surface area contributed by atoms with Gasteiger partial charge in [0.05, 0.1) is 24.2 Å². The molecular weight excluding hydrogens is 578 g/mol. The number of carbonyl (C=O) groups excluding carboxylic acids is 2. The topological polar surface area (TPSA) is 153 Å². The summed E-state index contributed by atoms with van der Waals surface area (Å²) in [5, 5.41) is 11.6. The van der Waals surface area contributed by atoms with Gasteiger partial charge in [0.15, 0.2) is 26.7 Å². The SMILES string of the molecule is CCCCNC(=O)CCCOc1ccc(CN(CC(C)O)C(=O)ONC(C(C)C)S(=O)(=O)c2ccc3c(c2)OCO3)cc1. The third kappa shape index (κ3) is 10.3. The Morgan fingerprint density at radius 1 is 1.05 bits per heavy atom. The van der Waals surface area contributed by atoms with Gasteiger partial charge in [-0.1, -0.05) is 39.3 Å². The third-order valence-electron chi connectivity index (χ3n) is 6.58. The lowest BCUT2D eigenvalue weighted by molar-refractivity contribution is -0.121. The Kier molecular flexibility index (Phi) is 12.9. The fourth-order valence-electron chi connectivity index (χ4n) is 4.28. The molecule has 0 spiro atoms. The predicted molar refractivity (Wildman–Crippen MR) is 159 cm³/mol. The largest absolute Gasteiger partial charge is 0.494 e. The smallest absolute Gasteiger partial charge is 0.429 e. The summed E-state index contributed by atoms with van der Waals surface area (Å²) in [5.74, 6) is 0.948. The van der Waals surface area contributed by atoms with E-state index in [2.05, 4.69) is 17.7 Å². The van der Waals surface area contributed by atoms with Crippen LogP contribution in [0.2, 0.25) is 0 Å². The summed E-state index contributed by atoms with van der Waals surface area (Å²) in [6, 6.07) is 11.4. The molecule has 0 aromatic heterocycles. The van der Waals surface area contributed by atoms with Crippen LogP contribution in [0.15, 0.2) is 47.4 Å². The van der Waals surface area contributed by atoms with Crippen LogP contribution in [0.25, 0.3) is 0 Å². The average Bonchev–Trinajstić information content (AvgIpc) is 3.44. The summed E-state index contributed by atoms with van der Waals surface area (Å²) in [6.45, 7) is 8.13. The first kappa shape index (κ1) is 33.9. The highest BCUT2D eigenvalue weighted by Crippen LogP contribution is 2.35. The van der Waals surface area contributed by atoms with E-state index in [1.54, 1.807) is 38.1 Å². The molecule has 2 aromatic carbocycles. The van der Waals surface area contributed by atoms with Gasteiger partial charge < -0.3 is 29.5 Å². The van der Waals surface area contributed by atoms with Gasteiger partial charge in [0, 0.05) is 25.6 Å². The molecule has 3 rings (SSSR count). The van der Waals surface area contributed by atoms with Gasteiger partial charge in [-0.25, -0.2) is 13.2 Å². The van der Waals surface area contributed by atoms with Crippen molar-refractivity contribution in [2.45, 2.75) is 76.3 Å². The van der Waals surface area contributed by atoms with Crippen LogP contribution in [-0.2, 0) is 26.0 Å². The van der Waals surface area contributed by atoms with Crippen LogP contribution >= 0.6 is 0 Å². The number of unbranched alkanes of at least 4 members (excludes halogenated alkanes) is 1. The van der Waals surface area contributed by atoms with Crippen molar-refractivity contribution in [3.8, 4) is 17.2 Å². The maximum absolute atomic E-state index is 13.4. The molecule has 3 N–H and O–H groups in total. The number of aliphatic hydroxyl groups excluding tert-OH is 1. The van der Waals surface area contributed by atoms with E-state index in [-0.39, 0.29) is 30.7 Å². The number of benzene rings is 2. The summed E-state index contributed by atoms with van der Waals surface area (Å²) in [4.78, 5) is 31.4. The summed E-state index contributed by atoms with van der Waals surface area (Å²) in [5.41, 5.74) is 3.19. The van der Waals surface area contributed by atoms with Gasteiger partial charge in [0.25, 0.3) is 0 Å². The minimum Gasteiger partial charge on any atom is -0.494 e. The maximum Gasteiger partial charge on any atom is 0.429 e. The number of rotatable bonds is 17. The third-order valence-corrected chi connectivity index (χ3v) is 8.80. The van der Waals surface area contributed by atoms with Crippen molar-refractivity contribution in [2.75, 3.05) is 26.5 Å². The highest BCUT2D eigenvalue weighted by Gasteiger charge is 2.33. The molecule has 238 valence electrons. The molecule has 2 atom stereocenters. The van der Waals surface area contributed by atoms with Crippen LogP contribution < -0.4 is 25.0 Å². The minimum absolute atomic E-state index is 0.00242. The number of hydrogen-bond acceptors (Lipinski definition) is 10. The summed E-state index contributed by atoms with van der Waals surface area (Å²) >= 11 is 0. The Balaban J connectivity index is 1.56. The monoisotopic (exact) mass is 621 g/mol. The molecule has 43 heavy (non-hydrogen) atoms. The van der Waals surface area contributed by atoms with Crippen LogP contribution in [-0.4, -0.2) is 68.4 Å². The molecule has 2 aromatic rings. The molecule has 13 heteroatoms. The van der Waals surface area contributed by atoms with Crippen LogP contribution in [0.4, 0.5) is 4.79 Å². The predicted octanol–water partition coefficient (Wildman–Crippen LogP) is 3.77. The van der Waals surface area contributed by atoms with Crippen molar-refractivity contribution >= 4 is 21.8 Å². The van der Waals surface area contributed by atoms with Crippen LogP contribution in [0, 0.1) is 5.92 Å². The Morgan fingerprint density at radius 2 is 1.77 bits per heavy atom. The van der Waals surface area contributed by atoms with E-state index in [4.69, 9.17) is 19.0 Å². The van der Waals surface area contributed by atoms with Crippen molar-refractivity contribution in [1.29, 1.82) is 0 Å². The second-order valence-corrected chi connectivity index (χ2v) is 12.8. The molecule has 2 amide bonds. The van der Waals surface area contributed by atoms with Crippen LogP contribution in [0.5, 0.6) is 17.2 Å². The van der Waals surface area contributed by atoms with Gasteiger partial charge in [-0.3, -0.25) is 9.69 Å². The quantitative estimate of drug-likeness (QED) is 0.176. The van der Waals surface area contributed by atoms with Crippen molar-refractivity contribution < 1.29 is 42.2 Å². The molecule has 0 aliphatic carbocycles. The minimum atomic E-state index is -3.98. The number of hydroxylamine groups is 1. The first-order valence-electron chi connectivity index (χ1n) is 14.5. The zero-order valence-electron chi connectivity index (χ0n) is 25.2. The Labute approximate surface area is 253 Å². The van der Waals surface area contributed by atoms with Gasteiger partial charge in [-0.15, -0.1) is 5.48 Å². The van der Waals surface area contributed by atoms with Crippen molar-refractivity contribution in [2.24, 2.45) is 5.92 Å². The van der Waals surface area contributed by atoms with Crippen LogP contribution in [0.3, 0.4) is 0 Å². The number of fused-ring (bicyclic) bond motifs is 1. The molecule has 0 radical (unpaired) electrons. The van der Waals surface area contributed by atoms with E-state index in [1.165, 1.54) is 30.0 Å². The number of sulfone groups is 1. The zero-order chi connectivity index (χ0) is 31.4. The highest BCUT2D eigenvalue weighted by atomic mass is 32.2. The normalized spacial score (nSPS) is 13.8. The van der Waals surface area contributed by atoms with Gasteiger partial charge in [-0.05, 0) is 55.5 Å². The number of aliphatic hydroxyl groups is 1. The lowest BCUT2D eigenvalue weighted by Gasteiger charge is -2.26. The Morgan fingerprint density at radius 3 is 2.44 bits per heavy atom. The summed E-state index contributed by atoms with van der Waals surface area (Å²) in [7, 11) is -3.98. The molecule has 0 fully saturated rings. The first-order valence-corrected chi connectivity index (χ1v) is 16.1. The average molecular weight is 622 g/mol. The molecule has 1 aliphatic heterocycles. The van der Waals surface area contributed by atoms with E-state index >= 15 is 0 Å². The van der Waals surface area contributed by atoms with E-state index in [1.807, 2.05) is 0 Å². The van der Waals surface area contributed by atoms with Gasteiger partial charge in [-0.2, -0.15) is 0 Å². The molecular formula is C30H43N3O9S. The molecule has 2 unspecified atom stereocenters. The molecule has 0 saturated carbocycles. The number of nitrogens with zero attached hydrogens (tertiary/aromatic N) is 1. The number of carbonyl (C=O) groups is 2. The van der Waals surface area contributed by atoms with Crippen molar-refractivity contribution in [1.82, 2.24) is 15.7 Å². The van der Waals surface area contributed by atoms with Crippen molar-refractivity contribution in [3.05, 3.63) is 48.0 Å². The number of nitrogens with one attached hydrogen (secondary N) is 2. The van der Waals surface area contributed by atoms with Crippen molar-refractivity contribution in [3.63, 3.8) is 0 Å². The molecule has 0 saturated heterocycles. The Bertz CT molecular complexity index is 1300. The number of hydrogen-bond donors (Lipinski definition) is 3. The molecule has 12 nitrogen and oxygen atoms in total. The van der Waals surface area contributed by atoms with Gasteiger partial charge in [0.2, 0.25) is 12.7 Å². The standard InChI is InChI=1S/C30H43N3O9S/c1-5-6-15-31-28(35)8-7-16-39-24-11-9-23(10-12-24)19-33(18-22(4)34)30(36)42-32-29(21(2)3)43(37,38)25-13-14-26-27(17-25)41-20-40-26/h9-14,17,21-22,29,32,34H,5-8,15-16,18-20H2,1-4H3,(H,31,35). The highest BCUT2D eigenvalue weighted by molar-refractivity contribution is 7.92. The van der Waals surface area contributed by atoms with E-state index < -0.39 is 33.3 Å². The second kappa shape index (κ2) is 16.3.